The lowest BCUT2D eigenvalue weighted by atomic mass is 9.84. The van der Waals surface area contributed by atoms with Gasteiger partial charge in [0.25, 0.3) is 0 Å². The molecule has 1 aliphatic rings. The monoisotopic (exact) mass is 236 g/mol. The van der Waals surface area contributed by atoms with E-state index in [1.165, 1.54) is 19.3 Å². The van der Waals surface area contributed by atoms with Crippen LogP contribution in [0, 0.1) is 5.41 Å². The van der Waals surface area contributed by atoms with Gasteiger partial charge >= 0.3 is 0 Å². The maximum atomic E-state index is 4.40. The molecular weight excluding hydrogens is 212 g/mol. The van der Waals surface area contributed by atoms with Gasteiger partial charge in [-0.1, -0.05) is 13.8 Å². The summed E-state index contributed by atoms with van der Waals surface area (Å²) < 4.78 is 2.02. The highest BCUT2D eigenvalue weighted by molar-refractivity contribution is 4.98. The molecule has 0 aromatic carbocycles. The van der Waals surface area contributed by atoms with Gasteiger partial charge in [0.15, 0.2) is 0 Å². The Hall–Kier alpha value is -0.900. The molecular formula is C13H24N4. The van der Waals surface area contributed by atoms with Crippen LogP contribution in [0.5, 0.6) is 0 Å². The molecule has 0 bridgehead atoms. The second kappa shape index (κ2) is 5.17. The van der Waals surface area contributed by atoms with Crippen molar-refractivity contribution in [1.29, 1.82) is 0 Å². The number of nitrogens with one attached hydrogen (secondary N) is 1. The molecule has 2 unspecified atom stereocenters. The lowest BCUT2D eigenvalue weighted by Gasteiger charge is -2.23. The van der Waals surface area contributed by atoms with E-state index in [1.807, 2.05) is 4.68 Å². The first-order valence-corrected chi connectivity index (χ1v) is 6.77. The zero-order valence-corrected chi connectivity index (χ0v) is 11.2. The number of aromatic nitrogens is 3. The number of nitrogens with zero attached hydrogens (tertiary/aromatic N) is 3. The molecule has 2 rings (SSSR count). The smallest absolute Gasteiger partial charge is 0.138 e. The van der Waals surface area contributed by atoms with Gasteiger partial charge in [-0.3, -0.25) is 4.68 Å². The number of rotatable bonds is 5. The Morgan fingerprint density at radius 3 is 3.06 bits per heavy atom. The lowest BCUT2D eigenvalue weighted by molar-refractivity contribution is 0.309. The predicted molar refractivity (Wildman–Crippen MR) is 68.8 cm³/mol. The van der Waals surface area contributed by atoms with E-state index in [9.17, 15) is 0 Å². The highest BCUT2D eigenvalue weighted by Crippen LogP contribution is 2.40. The van der Waals surface area contributed by atoms with Crippen molar-refractivity contribution in [2.24, 2.45) is 5.41 Å². The standard InChI is InChI=1S/C13H24N4/c1-4-14-11-6-7-13(3,8-11)9-12-15-10-16-17(12)5-2/h10-11,14H,4-9H2,1-3H3. The Balaban J connectivity index is 1.99. The summed E-state index contributed by atoms with van der Waals surface area (Å²) in [5, 5.41) is 7.82. The molecule has 0 saturated heterocycles. The van der Waals surface area contributed by atoms with E-state index in [1.54, 1.807) is 6.33 Å². The van der Waals surface area contributed by atoms with Crippen molar-refractivity contribution < 1.29 is 0 Å². The molecule has 17 heavy (non-hydrogen) atoms. The molecule has 96 valence electrons. The zero-order chi connectivity index (χ0) is 12.3. The Kier molecular flexibility index (Phi) is 3.82. The van der Waals surface area contributed by atoms with E-state index in [2.05, 4.69) is 36.2 Å². The second-order valence-corrected chi connectivity index (χ2v) is 5.48. The summed E-state index contributed by atoms with van der Waals surface area (Å²) in [6.45, 7) is 8.69. The molecule has 1 aromatic heterocycles. The summed E-state index contributed by atoms with van der Waals surface area (Å²) in [5.41, 5.74) is 0.396. The molecule has 0 aliphatic heterocycles. The van der Waals surface area contributed by atoms with E-state index in [4.69, 9.17) is 0 Å². The molecule has 1 aromatic rings. The van der Waals surface area contributed by atoms with Gasteiger partial charge in [0, 0.05) is 19.0 Å². The van der Waals surface area contributed by atoms with Crippen LogP contribution < -0.4 is 5.32 Å². The van der Waals surface area contributed by atoms with Crippen LogP contribution in [0.1, 0.15) is 45.9 Å². The number of hydrogen-bond acceptors (Lipinski definition) is 3. The van der Waals surface area contributed by atoms with Crippen LogP contribution in [-0.4, -0.2) is 27.4 Å². The molecule has 1 saturated carbocycles. The maximum Gasteiger partial charge on any atom is 0.138 e. The van der Waals surface area contributed by atoms with Crippen molar-refractivity contribution in [3.05, 3.63) is 12.2 Å². The van der Waals surface area contributed by atoms with Crippen molar-refractivity contribution in [2.45, 2.75) is 59.0 Å². The molecule has 1 aliphatic carbocycles. The average Bonchev–Trinajstić information content (AvgIpc) is 2.87. The minimum Gasteiger partial charge on any atom is -0.314 e. The molecule has 0 spiro atoms. The normalized spacial score (nSPS) is 28.8. The summed E-state index contributed by atoms with van der Waals surface area (Å²) in [7, 11) is 0. The summed E-state index contributed by atoms with van der Waals surface area (Å²) >= 11 is 0. The quantitative estimate of drug-likeness (QED) is 0.850. The second-order valence-electron chi connectivity index (χ2n) is 5.48. The fourth-order valence-electron chi connectivity index (χ4n) is 3.02. The fourth-order valence-corrected chi connectivity index (χ4v) is 3.02. The van der Waals surface area contributed by atoms with E-state index in [0.29, 0.717) is 11.5 Å². The molecule has 1 fully saturated rings. The molecule has 1 heterocycles. The van der Waals surface area contributed by atoms with Crippen LogP contribution in [0.3, 0.4) is 0 Å². The molecule has 0 radical (unpaired) electrons. The van der Waals surface area contributed by atoms with Crippen LogP contribution in [0.25, 0.3) is 0 Å². The van der Waals surface area contributed by atoms with Gasteiger partial charge in [0.2, 0.25) is 0 Å². The van der Waals surface area contributed by atoms with Gasteiger partial charge in [0.1, 0.15) is 12.2 Å². The summed E-state index contributed by atoms with van der Waals surface area (Å²) in [5.74, 6) is 1.15. The molecule has 2 atom stereocenters. The third-order valence-electron chi connectivity index (χ3n) is 3.91. The molecule has 0 amide bonds. The van der Waals surface area contributed by atoms with Crippen molar-refractivity contribution in [1.82, 2.24) is 20.1 Å². The third-order valence-corrected chi connectivity index (χ3v) is 3.91. The van der Waals surface area contributed by atoms with Crippen molar-refractivity contribution >= 4 is 0 Å². The van der Waals surface area contributed by atoms with Gasteiger partial charge in [-0.15, -0.1) is 0 Å². The first kappa shape index (κ1) is 12.6. The maximum absolute atomic E-state index is 4.40. The number of hydrogen-bond donors (Lipinski definition) is 1. The van der Waals surface area contributed by atoms with Crippen LogP contribution in [0.15, 0.2) is 6.33 Å². The topological polar surface area (TPSA) is 42.7 Å². The Morgan fingerprint density at radius 1 is 1.53 bits per heavy atom. The van der Waals surface area contributed by atoms with Gasteiger partial charge in [-0.05, 0) is 38.1 Å². The van der Waals surface area contributed by atoms with Gasteiger partial charge in [0.05, 0.1) is 0 Å². The Morgan fingerprint density at radius 2 is 2.35 bits per heavy atom. The Labute approximate surface area is 104 Å². The first-order chi connectivity index (χ1) is 8.17. The van der Waals surface area contributed by atoms with E-state index >= 15 is 0 Å². The first-order valence-electron chi connectivity index (χ1n) is 6.77. The van der Waals surface area contributed by atoms with Gasteiger partial charge in [-0.2, -0.15) is 5.10 Å². The van der Waals surface area contributed by atoms with Crippen LogP contribution >= 0.6 is 0 Å². The fraction of sp³-hybridized carbons (Fsp3) is 0.846. The van der Waals surface area contributed by atoms with E-state index in [-0.39, 0.29) is 0 Å². The lowest BCUT2D eigenvalue weighted by Crippen LogP contribution is -2.28. The summed E-state index contributed by atoms with van der Waals surface area (Å²) in [6.07, 6.45) is 6.59. The molecule has 4 nitrogen and oxygen atoms in total. The average molecular weight is 236 g/mol. The van der Waals surface area contributed by atoms with Gasteiger partial charge < -0.3 is 5.32 Å². The van der Waals surface area contributed by atoms with Crippen LogP contribution in [0.4, 0.5) is 0 Å². The SMILES string of the molecule is CCNC1CCC(C)(Cc2ncnn2CC)C1. The predicted octanol–water partition coefficient (Wildman–Crippen LogP) is 2.01. The largest absolute Gasteiger partial charge is 0.314 e. The minimum atomic E-state index is 0.396. The van der Waals surface area contributed by atoms with Crippen molar-refractivity contribution in [3.63, 3.8) is 0 Å². The molecule has 1 N–H and O–H groups in total. The highest BCUT2D eigenvalue weighted by Gasteiger charge is 2.35. The van der Waals surface area contributed by atoms with Crippen LogP contribution in [-0.2, 0) is 13.0 Å². The zero-order valence-electron chi connectivity index (χ0n) is 11.2. The van der Waals surface area contributed by atoms with E-state index < -0.39 is 0 Å². The third kappa shape index (κ3) is 2.86. The van der Waals surface area contributed by atoms with Crippen LogP contribution in [0.2, 0.25) is 0 Å². The number of aryl methyl sites for hydroxylation is 1. The van der Waals surface area contributed by atoms with Gasteiger partial charge in [-0.25, -0.2) is 4.98 Å². The summed E-state index contributed by atoms with van der Waals surface area (Å²) in [4.78, 5) is 4.40. The molecule has 4 heteroatoms. The summed E-state index contributed by atoms with van der Waals surface area (Å²) in [6, 6.07) is 0.697. The van der Waals surface area contributed by atoms with Crippen molar-refractivity contribution in [2.75, 3.05) is 6.54 Å². The Bertz CT molecular complexity index is 360. The van der Waals surface area contributed by atoms with E-state index in [0.717, 1.165) is 25.3 Å². The highest BCUT2D eigenvalue weighted by atomic mass is 15.3. The minimum absolute atomic E-state index is 0.396. The van der Waals surface area contributed by atoms with Crippen molar-refractivity contribution in [3.8, 4) is 0 Å².